The molecule has 0 unspecified atom stereocenters. The van der Waals surface area contributed by atoms with Gasteiger partial charge in [0, 0.05) is 44.0 Å². The number of carbonyl (C=O) groups is 1. The lowest BCUT2D eigenvalue weighted by atomic mass is 9.94. The number of H-pyrrole nitrogens is 1. The van der Waals surface area contributed by atoms with E-state index in [2.05, 4.69) is 25.5 Å². The molecule has 8 heteroatoms. The van der Waals surface area contributed by atoms with Crippen molar-refractivity contribution >= 4 is 11.7 Å². The Morgan fingerprint density at radius 3 is 3.04 bits per heavy atom. The Labute approximate surface area is 158 Å². The van der Waals surface area contributed by atoms with Crippen LogP contribution in [0, 0.1) is 0 Å². The van der Waals surface area contributed by atoms with Crippen LogP contribution in [0.1, 0.15) is 42.6 Å². The van der Waals surface area contributed by atoms with Crippen molar-refractivity contribution in [2.75, 3.05) is 18.0 Å². The average Bonchev–Trinajstić information content (AvgIpc) is 3.12. The van der Waals surface area contributed by atoms with Crippen molar-refractivity contribution in [3.63, 3.8) is 0 Å². The lowest BCUT2D eigenvalue weighted by molar-refractivity contribution is -0.122. The number of nitrogens with one attached hydrogen (secondary N) is 2. The molecule has 3 N–H and O–H groups in total. The summed E-state index contributed by atoms with van der Waals surface area (Å²) in [5.74, 6) is 0.726. The molecule has 0 bridgehead atoms. The van der Waals surface area contributed by atoms with Crippen LogP contribution in [0.25, 0.3) is 0 Å². The molecule has 27 heavy (non-hydrogen) atoms. The third-order valence-electron chi connectivity index (χ3n) is 5.53. The Morgan fingerprint density at radius 1 is 1.33 bits per heavy atom. The van der Waals surface area contributed by atoms with Gasteiger partial charge in [0.05, 0.1) is 24.0 Å². The molecule has 1 saturated heterocycles. The molecule has 0 spiro atoms. The van der Waals surface area contributed by atoms with E-state index in [0.29, 0.717) is 25.8 Å². The van der Waals surface area contributed by atoms with Crippen LogP contribution < -0.4 is 10.2 Å². The molecule has 4 rings (SSSR count). The number of anilines is 1. The van der Waals surface area contributed by atoms with E-state index in [4.69, 9.17) is 0 Å². The number of piperidine rings is 1. The third-order valence-corrected chi connectivity index (χ3v) is 5.53. The number of amides is 1. The largest absolute Gasteiger partial charge is 0.389 e. The van der Waals surface area contributed by atoms with E-state index >= 15 is 0 Å². The van der Waals surface area contributed by atoms with Gasteiger partial charge in [0.15, 0.2) is 0 Å². The molecule has 0 radical (unpaired) electrons. The van der Waals surface area contributed by atoms with Crippen LogP contribution in [0.4, 0.5) is 5.82 Å². The molecule has 3 heterocycles. The first-order valence-corrected chi connectivity index (χ1v) is 9.74. The summed E-state index contributed by atoms with van der Waals surface area (Å²) in [6, 6.07) is -0.224. The molecule has 2 atom stereocenters. The molecule has 1 aliphatic carbocycles. The van der Waals surface area contributed by atoms with Crippen molar-refractivity contribution in [1.29, 1.82) is 0 Å². The predicted molar refractivity (Wildman–Crippen MR) is 100 cm³/mol. The molecule has 0 saturated carbocycles. The van der Waals surface area contributed by atoms with E-state index in [1.165, 1.54) is 24.1 Å². The van der Waals surface area contributed by atoms with E-state index in [0.717, 1.165) is 30.9 Å². The second-order valence-corrected chi connectivity index (χ2v) is 7.37. The van der Waals surface area contributed by atoms with Gasteiger partial charge in [-0.1, -0.05) is 0 Å². The second kappa shape index (κ2) is 8.04. The zero-order chi connectivity index (χ0) is 18.6. The summed E-state index contributed by atoms with van der Waals surface area (Å²) < 4.78 is 0. The number of β-amino-alcohol motifs (C(OH)–C–C–N with tert-alkyl or cyclic N) is 1. The Bertz CT molecular complexity index is 778. The number of aryl methyl sites for hydroxylation is 2. The van der Waals surface area contributed by atoms with E-state index in [9.17, 15) is 9.90 Å². The number of carbonyl (C=O) groups excluding carboxylic acids is 1. The summed E-state index contributed by atoms with van der Waals surface area (Å²) in [5, 5.41) is 21.0. The molecule has 8 nitrogen and oxygen atoms in total. The van der Waals surface area contributed by atoms with Gasteiger partial charge in [-0.3, -0.25) is 14.9 Å². The maximum absolute atomic E-state index is 12.4. The monoisotopic (exact) mass is 370 g/mol. The maximum atomic E-state index is 12.4. The highest BCUT2D eigenvalue weighted by atomic mass is 16.3. The number of fused-ring (bicyclic) bond motifs is 1. The first-order valence-electron chi connectivity index (χ1n) is 9.74. The SMILES string of the molecule is O=C(CCc1n[nH]c2c1CCCC2)N[C@@H]1CCN(c2cnccn2)C[C@H]1O. The summed E-state index contributed by atoms with van der Waals surface area (Å²) in [6.45, 7) is 1.17. The molecule has 1 aliphatic heterocycles. The van der Waals surface area contributed by atoms with Crippen LogP contribution in [0.15, 0.2) is 18.6 Å². The normalized spacial score (nSPS) is 22.3. The lowest BCUT2D eigenvalue weighted by Gasteiger charge is -2.36. The van der Waals surface area contributed by atoms with Gasteiger partial charge in [0.1, 0.15) is 5.82 Å². The Morgan fingerprint density at radius 2 is 2.22 bits per heavy atom. The highest BCUT2D eigenvalue weighted by Crippen LogP contribution is 2.23. The van der Waals surface area contributed by atoms with Crippen molar-refractivity contribution in [2.24, 2.45) is 0 Å². The number of aromatic amines is 1. The fraction of sp³-hybridized carbons (Fsp3) is 0.579. The summed E-state index contributed by atoms with van der Waals surface area (Å²) in [4.78, 5) is 22.7. The average molecular weight is 370 g/mol. The summed E-state index contributed by atoms with van der Waals surface area (Å²) >= 11 is 0. The molecule has 2 aliphatic rings. The van der Waals surface area contributed by atoms with Gasteiger partial charge in [0.25, 0.3) is 0 Å². The third kappa shape index (κ3) is 4.10. The number of aliphatic hydroxyl groups is 1. The van der Waals surface area contributed by atoms with Crippen LogP contribution in [-0.2, 0) is 24.1 Å². The van der Waals surface area contributed by atoms with Crippen molar-refractivity contribution in [3.8, 4) is 0 Å². The van der Waals surface area contributed by atoms with Gasteiger partial charge in [-0.05, 0) is 37.7 Å². The van der Waals surface area contributed by atoms with Gasteiger partial charge in [-0.25, -0.2) is 4.98 Å². The van der Waals surface area contributed by atoms with Crippen molar-refractivity contribution in [3.05, 3.63) is 35.5 Å². The summed E-state index contributed by atoms with van der Waals surface area (Å²) in [6.07, 6.45) is 10.6. The summed E-state index contributed by atoms with van der Waals surface area (Å²) in [5.41, 5.74) is 3.58. The molecule has 2 aromatic heterocycles. The first-order chi connectivity index (χ1) is 13.2. The van der Waals surface area contributed by atoms with E-state index < -0.39 is 6.10 Å². The van der Waals surface area contributed by atoms with Gasteiger partial charge < -0.3 is 15.3 Å². The number of hydrogen-bond donors (Lipinski definition) is 3. The fourth-order valence-electron chi connectivity index (χ4n) is 4.03. The van der Waals surface area contributed by atoms with Crippen LogP contribution >= 0.6 is 0 Å². The zero-order valence-corrected chi connectivity index (χ0v) is 15.4. The molecule has 1 amide bonds. The number of rotatable bonds is 5. The molecular weight excluding hydrogens is 344 g/mol. The maximum Gasteiger partial charge on any atom is 0.220 e. The van der Waals surface area contributed by atoms with Gasteiger partial charge in [0.2, 0.25) is 5.91 Å². The van der Waals surface area contributed by atoms with Crippen LogP contribution in [0.5, 0.6) is 0 Å². The number of nitrogens with zero attached hydrogens (tertiary/aromatic N) is 4. The van der Waals surface area contributed by atoms with Crippen molar-refractivity contribution in [1.82, 2.24) is 25.5 Å². The molecule has 2 aromatic rings. The summed E-state index contributed by atoms with van der Waals surface area (Å²) in [7, 11) is 0. The minimum absolute atomic E-state index is 0.0282. The zero-order valence-electron chi connectivity index (χ0n) is 15.4. The van der Waals surface area contributed by atoms with Crippen molar-refractivity contribution < 1.29 is 9.90 Å². The van der Waals surface area contributed by atoms with Crippen LogP contribution in [0.2, 0.25) is 0 Å². The Hall–Kier alpha value is -2.48. The number of hydrogen-bond acceptors (Lipinski definition) is 6. The van der Waals surface area contributed by atoms with Crippen LogP contribution in [0.3, 0.4) is 0 Å². The topological polar surface area (TPSA) is 107 Å². The highest BCUT2D eigenvalue weighted by molar-refractivity contribution is 5.76. The minimum atomic E-state index is -0.622. The molecule has 0 aromatic carbocycles. The number of aromatic nitrogens is 4. The highest BCUT2D eigenvalue weighted by Gasteiger charge is 2.29. The standard InChI is InChI=1S/C19H26N6O2/c26-17-12-25(18-11-20-8-9-21-18)10-7-16(17)22-19(27)6-5-15-13-3-1-2-4-14(13)23-24-15/h8-9,11,16-17,26H,1-7,10,12H2,(H,22,27)(H,23,24)/t16-,17-/m1/s1. The quantitative estimate of drug-likeness (QED) is 0.718. The van der Waals surface area contributed by atoms with Crippen LogP contribution in [-0.4, -0.2) is 56.4 Å². The van der Waals surface area contributed by atoms with Gasteiger partial charge in [-0.15, -0.1) is 0 Å². The van der Waals surface area contributed by atoms with Gasteiger partial charge in [-0.2, -0.15) is 5.10 Å². The first kappa shape index (κ1) is 17.9. The second-order valence-electron chi connectivity index (χ2n) is 7.37. The Balaban J connectivity index is 1.27. The fourth-order valence-corrected chi connectivity index (χ4v) is 4.03. The van der Waals surface area contributed by atoms with Crippen molar-refractivity contribution in [2.45, 2.75) is 57.1 Å². The van der Waals surface area contributed by atoms with E-state index in [1.807, 2.05) is 4.90 Å². The lowest BCUT2D eigenvalue weighted by Crippen LogP contribution is -2.54. The van der Waals surface area contributed by atoms with E-state index in [-0.39, 0.29) is 11.9 Å². The number of aliphatic hydroxyl groups excluding tert-OH is 1. The molecule has 144 valence electrons. The predicted octanol–water partition coefficient (Wildman–Crippen LogP) is 0.767. The van der Waals surface area contributed by atoms with E-state index in [1.54, 1.807) is 18.6 Å². The molecule has 1 fully saturated rings. The molecular formula is C19H26N6O2. The smallest absolute Gasteiger partial charge is 0.220 e. The van der Waals surface area contributed by atoms with Gasteiger partial charge >= 0.3 is 0 Å². The Kier molecular flexibility index (Phi) is 5.33. The minimum Gasteiger partial charge on any atom is -0.389 e.